The molecule has 0 amide bonds. The Morgan fingerprint density at radius 3 is 2.50 bits per heavy atom. The number of hydrogen-bond donors (Lipinski definition) is 0. The summed E-state index contributed by atoms with van der Waals surface area (Å²) in [5.41, 5.74) is 2.76. The fourth-order valence-corrected chi connectivity index (χ4v) is 3.05. The van der Waals surface area contributed by atoms with Gasteiger partial charge in [0.1, 0.15) is 0 Å². The van der Waals surface area contributed by atoms with E-state index < -0.39 is 0 Å². The van der Waals surface area contributed by atoms with Crippen LogP contribution in [0.4, 0.5) is 0 Å². The zero-order valence-corrected chi connectivity index (χ0v) is 11.6. The highest BCUT2D eigenvalue weighted by atomic mass is 35.5. The number of aromatic nitrogens is 2. The Bertz CT molecular complexity index is 1040. The highest BCUT2D eigenvalue weighted by Gasteiger charge is 2.11. The number of hydrogen-bond acceptors (Lipinski definition) is 1. The van der Waals surface area contributed by atoms with E-state index in [2.05, 4.69) is 0 Å². The van der Waals surface area contributed by atoms with Crippen molar-refractivity contribution in [2.45, 2.75) is 6.92 Å². The van der Waals surface area contributed by atoms with Crippen molar-refractivity contribution in [1.29, 1.82) is 0 Å². The lowest BCUT2D eigenvalue weighted by Crippen LogP contribution is -2.12. The van der Waals surface area contributed by atoms with Gasteiger partial charge in [0, 0.05) is 27.6 Å². The molecule has 0 aliphatic rings. The first-order valence-corrected chi connectivity index (χ1v) is 6.76. The minimum atomic E-state index is -0.0180. The summed E-state index contributed by atoms with van der Waals surface area (Å²) < 4.78 is 3.65. The van der Waals surface area contributed by atoms with E-state index in [4.69, 9.17) is 11.6 Å². The van der Waals surface area contributed by atoms with Crippen LogP contribution in [0.3, 0.4) is 0 Å². The Morgan fingerprint density at radius 2 is 1.65 bits per heavy atom. The molecule has 0 saturated carbocycles. The molecule has 2 aromatic heterocycles. The van der Waals surface area contributed by atoms with E-state index >= 15 is 0 Å². The van der Waals surface area contributed by atoms with E-state index in [9.17, 15) is 4.79 Å². The lowest BCUT2D eigenvalue weighted by atomic mass is 10.1. The van der Waals surface area contributed by atoms with Crippen LogP contribution in [-0.2, 0) is 0 Å². The number of nitrogens with zero attached hydrogens (tertiary/aromatic N) is 2. The molecule has 0 N–H and O–H groups in total. The van der Waals surface area contributed by atoms with Gasteiger partial charge in [0.25, 0.3) is 5.56 Å². The van der Waals surface area contributed by atoms with Gasteiger partial charge in [-0.3, -0.25) is 4.79 Å². The number of fused-ring (bicyclic) bond motifs is 6. The quantitative estimate of drug-likeness (QED) is 0.452. The van der Waals surface area contributed by atoms with Gasteiger partial charge in [-0.15, -0.1) is 0 Å². The van der Waals surface area contributed by atoms with Crippen molar-refractivity contribution in [3.63, 3.8) is 0 Å². The van der Waals surface area contributed by atoms with Crippen LogP contribution in [0, 0.1) is 6.92 Å². The maximum Gasteiger partial charge on any atom is 0.271 e. The molecule has 0 unspecified atom stereocenters. The van der Waals surface area contributed by atoms with Crippen molar-refractivity contribution in [2.24, 2.45) is 0 Å². The van der Waals surface area contributed by atoms with E-state index in [0.717, 1.165) is 27.5 Å². The summed E-state index contributed by atoms with van der Waals surface area (Å²) in [6, 6.07) is 15.3. The Kier molecular flexibility index (Phi) is 2.24. The first-order valence-electron chi connectivity index (χ1n) is 6.38. The van der Waals surface area contributed by atoms with E-state index in [0.29, 0.717) is 5.02 Å². The van der Waals surface area contributed by atoms with Gasteiger partial charge < -0.3 is 0 Å². The topological polar surface area (TPSA) is 25.9 Å². The Hall–Kier alpha value is -2.26. The molecule has 0 atom stereocenters. The molecule has 98 valence electrons. The molecule has 0 aliphatic carbocycles. The van der Waals surface area contributed by atoms with Crippen molar-refractivity contribution < 1.29 is 0 Å². The highest BCUT2D eigenvalue weighted by Crippen LogP contribution is 2.27. The summed E-state index contributed by atoms with van der Waals surface area (Å²) in [5, 5.41) is 2.77. The summed E-state index contributed by atoms with van der Waals surface area (Å²) in [7, 11) is 0. The third-order valence-corrected chi connectivity index (χ3v) is 3.92. The molecule has 3 nitrogen and oxygen atoms in total. The standard InChI is InChI=1S/C16H11ClN2O/c1-10-8-16(20)19-14-5-3-2-4-12(14)13-9-11(17)6-7-15(13)18(10)19/h2-9H,1H3. The molecule has 0 spiro atoms. The third kappa shape index (κ3) is 1.38. The predicted molar refractivity (Wildman–Crippen MR) is 81.9 cm³/mol. The minimum Gasteiger partial charge on any atom is -0.267 e. The van der Waals surface area contributed by atoms with Crippen LogP contribution in [0.2, 0.25) is 5.02 Å². The molecular weight excluding hydrogens is 272 g/mol. The molecule has 0 aliphatic heterocycles. The van der Waals surface area contributed by atoms with Crippen molar-refractivity contribution in [3.8, 4) is 0 Å². The second-order valence-electron chi connectivity index (χ2n) is 4.93. The molecule has 0 bridgehead atoms. The summed E-state index contributed by atoms with van der Waals surface area (Å²) in [6.07, 6.45) is 0. The number of rotatable bonds is 0. The lowest BCUT2D eigenvalue weighted by molar-refractivity contribution is 0.836. The van der Waals surface area contributed by atoms with Crippen LogP contribution < -0.4 is 5.56 Å². The van der Waals surface area contributed by atoms with Crippen LogP contribution in [0.1, 0.15) is 5.69 Å². The zero-order chi connectivity index (χ0) is 13.9. The zero-order valence-electron chi connectivity index (χ0n) is 10.8. The van der Waals surface area contributed by atoms with E-state index in [1.54, 1.807) is 10.6 Å². The van der Waals surface area contributed by atoms with Crippen LogP contribution in [0.5, 0.6) is 0 Å². The molecule has 0 saturated heterocycles. The fourth-order valence-electron chi connectivity index (χ4n) is 2.88. The smallest absolute Gasteiger partial charge is 0.267 e. The second kappa shape index (κ2) is 3.87. The molecule has 0 fully saturated rings. The number of benzene rings is 2. The largest absolute Gasteiger partial charge is 0.271 e. The van der Waals surface area contributed by atoms with E-state index in [1.165, 1.54) is 0 Å². The maximum absolute atomic E-state index is 12.2. The van der Waals surface area contributed by atoms with Crippen LogP contribution in [0.25, 0.3) is 21.8 Å². The first kappa shape index (κ1) is 11.6. The fraction of sp³-hybridized carbons (Fsp3) is 0.0625. The molecule has 4 heteroatoms. The molecule has 2 heterocycles. The number of para-hydroxylation sites is 1. The van der Waals surface area contributed by atoms with E-state index in [1.807, 2.05) is 53.9 Å². The molecule has 20 heavy (non-hydrogen) atoms. The second-order valence-corrected chi connectivity index (χ2v) is 5.36. The lowest BCUT2D eigenvalue weighted by Gasteiger charge is -2.11. The highest BCUT2D eigenvalue weighted by molar-refractivity contribution is 6.31. The number of halogens is 1. The van der Waals surface area contributed by atoms with Crippen molar-refractivity contribution in [1.82, 2.24) is 9.03 Å². The summed E-state index contributed by atoms with van der Waals surface area (Å²) >= 11 is 6.14. The van der Waals surface area contributed by atoms with Crippen LogP contribution >= 0.6 is 11.6 Å². The molecule has 0 radical (unpaired) electrons. The molecule has 4 aromatic rings. The van der Waals surface area contributed by atoms with Crippen LogP contribution in [-0.4, -0.2) is 9.03 Å². The predicted octanol–water partition coefficient (Wildman–Crippen LogP) is 3.67. The Balaban J connectivity index is 2.50. The number of aryl methyl sites for hydroxylation is 1. The first-order chi connectivity index (χ1) is 9.66. The van der Waals surface area contributed by atoms with Crippen molar-refractivity contribution >= 4 is 33.4 Å². The van der Waals surface area contributed by atoms with Crippen molar-refractivity contribution in [2.75, 3.05) is 0 Å². The van der Waals surface area contributed by atoms with E-state index in [-0.39, 0.29) is 5.56 Å². The summed E-state index contributed by atoms with van der Waals surface area (Å²) in [5.74, 6) is 0. The normalized spacial score (nSPS) is 11.7. The summed E-state index contributed by atoms with van der Waals surface area (Å²) in [4.78, 5) is 12.2. The van der Waals surface area contributed by atoms with Gasteiger partial charge in [-0.2, -0.15) is 0 Å². The van der Waals surface area contributed by atoms with Gasteiger partial charge in [-0.25, -0.2) is 9.03 Å². The monoisotopic (exact) mass is 282 g/mol. The minimum absolute atomic E-state index is 0.0180. The average molecular weight is 283 g/mol. The SMILES string of the molecule is Cc1cc(=O)n2c3ccccc3c3cc(Cl)ccc3n12. The molecular formula is C16H11ClN2O. The third-order valence-electron chi connectivity index (χ3n) is 3.68. The molecule has 4 rings (SSSR count). The van der Waals surface area contributed by atoms with Crippen molar-refractivity contribution in [3.05, 3.63) is 69.6 Å². The van der Waals surface area contributed by atoms with Gasteiger partial charge in [0.2, 0.25) is 0 Å². The Labute approximate surface area is 119 Å². The Morgan fingerprint density at radius 1 is 0.900 bits per heavy atom. The summed E-state index contributed by atoms with van der Waals surface area (Å²) in [6.45, 7) is 1.93. The van der Waals surface area contributed by atoms with Gasteiger partial charge in [0.05, 0.1) is 11.0 Å². The van der Waals surface area contributed by atoms with Gasteiger partial charge in [0.15, 0.2) is 0 Å². The van der Waals surface area contributed by atoms with Gasteiger partial charge in [-0.05, 0) is 31.2 Å². The average Bonchev–Trinajstić information content (AvgIpc) is 2.74. The van der Waals surface area contributed by atoms with Gasteiger partial charge in [-0.1, -0.05) is 29.8 Å². The molecule has 2 aromatic carbocycles. The maximum atomic E-state index is 12.2. The van der Waals surface area contributed by atoms with Gasteiger partial charge >= 0.3 is 0 Å². The van der Waals surface area contributed by atoms with Crippen LogP contribution in [0.15, 0.2) is 53.3 Å².